The largest absolute Gasteiger partial charge is 0.460 e. The van der Waals surface area contributed by atoms with E-state index in [9.17, 15) is 4.79 Å². The average Bonchev–Trinajstić information content (AvgIpc) is 2.51. The second-order valence-electron chi connectivity index (χ2n) is 3.23. The van der Waals surface area contributed by atoms with Crippen LogP contribution in [-0.4, -0.2) is 11.0 Å². The fraction of sp³-hybridized carbons (Fsp3) is 0.556. The topological polar surface area (TPSA) is 39.2 Å². The number of hydrogen-bond acceptors (Lipinski definition) is 4. The Morgan fingerprint density at radius 1 is 1.69 bits per heavy atom. The molecular weight excluding hydrogens is 186 g/mol. The number of rotatable bonds is 4. The molecule has 1 aromatic rings. The summed E-state index contributed by atoms with van der Waals surface area (Å²) in [7, 11) is 0. The second-order valence-corrected chi connectivity index (χ2v) is 4.20. The molecule has 1 aromatic heterocycles. The number of hydrogen-bond donors (Lipinski definition) is 0. The van der Waals surface area contributed by atoms with E-state index in [1.807, 2.05) is 13.8 Å². The molecule has 13 heavy (non-hydrogen) atoms. The van der Waals surface area contributed by atoms with Crippen LogP contribution in [0.3, 0.4) is 0 Å². The number of esters is 1. The zero-order chi connectivity index (χ0) is 9.68. The smallest absolute Gasteiger partial charge is 0.306 e. The van der Waals surface area contributed by atoms with Crippen molar-refractivity contribution in [3.8, 4) is 0 Å². The van der Waals surface area contributed by atoms with Crippen molar-refractivity contribution in [2.75, 3.05) is 0 Å². The molecule has 0 aliphatic heterocycles. The summed E-state index contributed by atoms with van der Waals surface area (Å²) in [5, 5.41) is 0. The van der Waals surface area contributed by atoms with E-state index < -0.39 is 0 Å². The van der Waals surface area contributed by atoms with Crippen LogP contribution in [-0.2, 0) is 16.1 Å². The van der Waals surface area contributed by atoms with Crippen molar-refractivity contribution in [2.24, 2.45) is 5.92 Å². The molecule has 0 saturated heterocycles. The summed E-state index contributed by atoms with van der Waals surface area (Å²) in [6, 6.07) is 0. The van der Waals surface area contributed by atoms with Gasteiger partial charge in [-0.2, -0.15) is 0 Å². The Kier molecular flexibility index (Phi) is 3.89. The Morgan fingerprint density at radius 2 is 2.46 bits per heavy atom. The monoisotopic (exact) mass is 199 g/mol. The van der Waals surface area contributed by atoms with Gasteiger partial charge in [0, 0.05) is 12.6 Å². The van der Waals surface area contributed by atoms with Crippen molar-refractivity contribution in [1.29, 1.82) is 0 Å². The van der Waals surface area contributed by atoms with Crippen molar-refractivity contribution < 1.29 is 9.53 Å². The molecule has 72 valence electrons. The molecule has 0 radical (unpaired) electrons. The van der Waals surface area contributed by atoms with E-state index in [1.54, 1.807) is 11.7 Å². The molecular formula is C9H13NO2S. The Hall–Kier alpha value is -0.900. The molecule has 0 saturated carbocycles. The Morgan fingerprint density at radius 3 is 3.00 bits per heavy atom. The maximum Gasteiger partial charge on any atom is 0.306 e. The van der Waals surface area contributed by atoms with Crippen LogP contribution in [0.15, 0.2) is 11.7 Å². The zero-order valence-corrected chi connectivity index (χ0v) is 8.63. The SMILES string of the molecule is CC(C)CC(=O)OCc1cncs1. The summed E-state index contributed by atoms with van der Waals surface area (Å²) in [6.07, 6.45) is 2.20. The van der Waals surface area contributed by atoms with E-state index in [1.165, 1.54) is 11.3 Å². The molecule has 0 unspecified atom stereocenters. The van der Waals surface area contributed by atoms with E-state index >= 15 is 0 Å². The van der Waals surface area contributed by atoms with Crippen molar-refractivity contribution in [1.82, 2.24) is 4.98 Å². The van der Waals surface area contributed by atoms with Crippen molar-refractivity contribution in [2.45, 2.75) is 26.9 Å². The van der Waals surface area contributed by atoms with E-state index in [0.29, 0.717) is 18.9 Å². The van der Waals surface area contributed by atoms with Crippen LogP contribution >= 0.6 is 11.3 Å². The van der Waals surface area contributed by atoms with Gasteiger partial charge in [-0.1, -0.05) is 13.8 Å². The maximum atomic E-state index is 11.1. The molecule has 1 heterocycles. The first-order valence-electron chi connectivity index (χ1n) is 4.21. The lowest BCUT2D eigenvalue weighted by molar-refractivity contribution is -0.145. The maximum absolute atomic E-state index is 11.1. The number of thiazole rings is 1. The first-order chi connectivity index (χ1) is 6.18. The predicted molar refractivity (Wildman–Crippen MR) is 51.4 cm³/mol. The molecule has 0 bridgehead atoms. The molecule has 0 aliphatic rings. The van der Waals surface area contributed by atoms with Gasteiger partial charge in [0.25, 0.3) is 0 Å². The lowest BCUT2D eigenvalue weighted by Gasteiger charge is -2.04. The third-order valence-electron chi connectivity index (χ3n) is 1.43. The minimum absolute atomic E-state index is 0.136. The molecule has 4 heteroatoms. The molecule has 0 N–H and O–H groups in total. The highest BCUT2D eigenvalue weighted by Crippen LogP contribution is 2.08. The van der Waals surface area contributed by atoms with Crippen LogP contribution < -0.4 is 0 Å². The Bertz CT molecular complexity index is 257. The summed E-state index contributed by atoms with van der Waals surface area (Å²) in [4.78, 5) is 16.0. The standard InChI is InChI=1S/C9H13NO2S/c1-7(2)3-9(11)12-5-8-4-10-6-13-8/h4,6-7H,3,5H2,1-2H3. The van der Waals surface area contributed by atoms with Gasteiger partial charge < -0.3 is 4.74 Å². The Labute approximate surface area is 81.8 Å². The predicted octanol–water partition coefficient (Wildman–Crippen LogP) is 2.23. The van der Waals surface area contributed by atoms with Crippen LogP contribution in [0.5, 0.6) is 0 Å². The fourth-order valence-corrected chi connectivity index (χ4v) is 1.36. The number of aromatic nitrogens is 1. The molecule has 0 atom stereocenters. The quantitative estimate of drug-likeness (QED) is 0.698. The highest BCUT2D eigenvalue weighted by molar-refractivity contribution is 7.09. The van der Waals surface area contributed by atoms with Crippen LogP contribution in [0, 0.1) is 5.92 Å². The average molecular weight is 199 g/mol. The van der Waals surface area contributed by atoms with Gasteiger partial charge in [-0.05, 0) is 5.92 Å². The first kappa shape index (κ1) is 10.2. The highest BCUT2D eigenvalue weighted by Gasteiger charge is 2.06. The van der Waals surface area contributed by atoms with Gasteiger partial charge in [0.2, 0.25) is 0 Å². The van der Waals surface area contributed by atoms with Crippen molar-refractivity contribution in [3.63, 3.8) is 0 Å². The number of nitrogens with zero attached hydrogens (tertiary/aromatic N) is 1. The van der Waals surface area contributed by atoms with Gasteiger partial charge in [-0.15, -0.1) is 11.3 Å². The van der Waals surface area contributed by atoms with Crippen molar-refractivity contribution in [3.05, 3.63) is 16.6 Å². The van der Waals surface area contributed by atoms with Crippen LogP contribution in [0.1, 0.15) is 25.1 Å². The summed E-state index contributed by atoms with van der Waals surface area (Å²) >= 11 is 1.50. The van der Waals surface area contributed by atoms with E-state index in [2.05, 4.69) is 4.98 Å². The minimum atomic E-state index is -0.136. The molecule has 0 fully saturated rings. The normalized spacial score (nSPS) is 10.4. The van der Waals surface area contributed by atoms with Crippen LogP contribution in [0.2, 0.25) is 0 Å². The lowest BCUT2D eigenvalue weighted by atomic mass is 10.1. The van der Waals surface area contributed by atoms with E-state index in [-0.39, 0.29) is 5.97 Å². The van der Waals surface area contributed by atoms with Gasteiger partial charge in [-0.25, -0.2) is 0 Å². The van der Waals surface area contributed by atoms with Gasteiger partial charge in [0.15, 0.2) is 0 Å². The zero-order valence-electron chi connectivity index (χ0n) is 7.82. The number of carbonyl (C=O) groups is 1. The molecule has 3 nitrogen and oxygen atoms in total. The van der Waals surface area contributed by atoms with Gasteiger partial charge in [0.1, 0.15) is 6.61 Å². The van der Waals surface area contributed by atoms with Gasteiger partial charge >= 0.3 is 5.97 Å². The summed E-state index contributed by atoms with van der Waals surface area (Å²) in [6.45, 7) is 4.35. The summed E-state index contributed by atoms with van der Waals surface area (Å²) in [5.41, 5.74) is 1.73. The highest BCUT2D eigenvalue weighted by atomic mass is 32.1. The molecule has 0 amide bonds. The van der Waals surface area contributed by atoms with Crippen molar-refractivity contribution >= 4 is 17.3 Å². The Balaban J connectivity index is 2.23. The van der Waals surface area contributed by atoms with Gasteiger partial charge in [0.05, 0.1) is 10.4 Å². The minimum Gasteiger partial charge on any atom is -0.460 e. The number of ether oxygens (including phenoxy) is 1. The molecule has 1 rings (SSSR count). The van der Waals surface area contributed by atoms with Gasteiger partial charge in [-0.3, -0.25) is 9.78 Å². The molecule has 0 aromatic carbocycles. The molecule has 0 aliphatic carbocycles. The third-order valence-corrected chi connectivity index (χ3v) is 2.19. The van der Waals surface area contributed by atoms with Crippen LogP contribution in [0.25, 0.3) is 0 Å². The van der Waals surface area contributed by atoms with E-state index in [0.717, 1.165) is 4.88 Å². The summed E-state index contributed by atoms with van der Waals surface area (Å²) in [5.74, 6) is 0.220. The second kappa shape index (κ2) is 4.97. The molecule has 0 spiro atoms. The van der Waals surface area contributed by atoms with E-state index in [4.69, 9.17) is 4.74 Å². The number of carbonyl (C=O) groups excluding carboxylic acids is 1. The first-order valence-corrected chi connectivity index (χ1v) is 5.09. The fourth-order valence-electron chi connectivity index (χ4n) is 0.857. The summed E-state index contributed by atoms with van der Waals surface area (Å²) < 4.78 is 5.03. The lowest BCUT2D eigenvalue weighted by Crippen LogP contribution is -2.06. The third kappa shape index (κ3) is 4.03. The van der Waals surface area contributed by atoms with Crippen LogP contribution in [0.4, 0.5) is 0 Å².